The zero-order chi connectivity index (χ0) is 12.7. The van der Waals surface area contributed by atoms with E-state index in [-0.39, 0.29) is 6.10 Å². The molecule has 0 aromatic carbocycles. The molecule has 96 valence electrons. The highest BCUT2D eigenvalue weighted by Gasteiger charge is 2.07. The molecule has 5 nitrogen and oxygen atoms in total. The predicted octanol–water partition coefficient (Wildman–Crippen LogP) is 1.79. The summed E-state index contributed by atoms with van der Waals surface area (Å²) in [5.41, 5.74) is 0.990. The third-order valence-corrected chi connectivity index (χ3v) is 2.60. The van der Waals surface area contributed by atoms with E-state index in [0.717, 1.165) is 36.6 Å². The SMILES string of the molecule is CCCNc1ncnc(NCC(O)CC)c1C. The lowest BCUT2D eigenvalue weighted by molar-refractivity contribution is 0.183. The Balaban J connectivity index is 2.65. The Morgan fingerprint density at radius 2 is 1.88 bits per heavy atom. The molecule has 0 radical (unpaired) electrons. The van der Waals surface area contributed by atoms with Gasteiger partial charge in [0.25, 0.3) is 0 Å². The third kappa shape index (κ3) is 4.19. The largest absolute Gasteiger partial charge is 0.391 e. The maximum absolute atomic E-state index is 9.50. The first kappa shape index (κ1) is 13.7. The van der Waals surface area contributed by atoms with Crippen molar-refractivity contribution < 1.29 is 5.11 Å². The fraction of sp³-hybridized carbons (Fsp3) is 0.667. The van der Waals surface area contributed by atoms with Gasteiger partial charge in [0, 0.05) is 18.7 Å². The van der Waals surface area contributed by atoms with E-state index in [9.17, 15) is 5.11 Å². The van der Waals surface area contributed by atoms with Crippen LogP contribution in [0.25, 0.3) is 0 Å². The summed E-state index contributed by atoms with van der Waals surface area (Å²) < 4.78 is 0. The number of aliphatic hydroxyl groups is 1. The minimum absolute atomic E-state index is 0.337. The van der Waals surface area contributed by atoms with Crippen LogP contribution in [0, 0.1) is 6.92 Å². The molecule has 5 heteroatoms. The van der Waals surface area contributed by atoms with Crippen molar-refractivity contribution in [1.82, 2.24) is 9.97 Å². The maximum atomic E-state index is 9.50. The summed E-state index contributed by atoms with van der Waals surface area (Å²) in [7, 11) is 0. The van der Waals surface area contributed by atoms with E-state index in [1.54, 1.807) is 0 Å². The van der Waals surface area contributed by atoms with Crippen LogP contribution >= 0.6 is 0 Å². The van der Waals surface area contributed by atoms with Crippen LogP contribution in [0.4, 0.5) is 11.6 Å². The molecular weight excluding hydrogens is 216 g/mol. The molecule has 1 aromatic heterocycles. The van der Waals surface area contributed by atoms with Gasteiger partial charge in [0.2, 0.25) is 0 Å². The smallest absolute Gasteiger partial charge is 0.134 e. The fourth-order valence-electron chi connectivity index (χ4n) is 1.41. The van der Waals surface area contributed by atoms with Gasteiger partial charge < -0.3 is 15.7 Å². The quantitative estimate of drug-likeness (QED) is 0.675. The van der Waals surface area contributed by atoms with Crippen LogP contribution in [0.5, 0.6) is 0 Å². The molecule has 3 N–H and O–H groups in total. The lowest BCUT2D eigenvalue weighted by Crippen LogP contribution is -2.19. The summed E-state index contributed by atoms with van der Waals surface area (Å²) >= 11 is 0. The number of hydrogen-bond donors (Lipinski definition) is 3. The molecule has 0 bridgehead atoms. The topological polar surface area (TPSA) is 70.1 Å². The third-order valence-electron chi connectivity index (χ3n) is 2.60. The van der Waals surface area contributed by atoms with Gasteiger partial charge in [-0.25, -0.2) is 9.97 Å². The van der Waals surface area contributed by atoms with E-state index < -0.39 is 0 Å². The summed E-state index contributed by atoms with van der Waals surface area (Å²) in [5, 5.41) is 15.9. The van der Waals surface area contributed by atoms with Crippen molar-refractivity contribution in [1.29, 1.82) is 0 Å². The highest BCUT2D eigenvalue weighted by Crippen LogP contribution is 2.17. The molecule has 17 heavy (non-hydrogen) atoms. The molecular formula is C12H22N4O. The second kappa shape index (κ2) is 7.06. The molecule has 0 saturated carbocycles. The normalized spacial score (nSPS) is 12.2. The summed E-state index contributed by atoms with van der Waals surface area (Å²) in [6, 6.07) is 0. The van der Waals surface area contributed by atoms with Crippen molar-refractivity contribution in [2.75, 3.05) is 23.7 Å². The van der Waals surface area contributed by atoms with E-state index in [4.69, 9.17) is 0 Å². The minimum atomic E-state index is -0.337. The van der Waals surface area contributed by atoms with Gasteiger partial charge in [-0.1, -0.05) is 13.8 Å². The second-order valence-corrected chi connectivity index (χ2v) is 4.07. The molecule has 0 aliphatic carbocycles. The molecule has 0 amide bonds. The van der Waals surface area contributed by atoms with Crippen LogP contribution in [0.3, 0.4) is 0 Å². The molecule has 0 aliphatic heterocycles. The zero-order valence-electron chi connectivity index (χ0n) is 10.8. The fourth-order valence-corrected chi connectivity index (χ4v) is 1.41. The number of hydrogen-bond acceptors (Lipinski definition) is 5. The number of anilines is 2. The Bertz CT molecular complexity index is 343. The van der Waals surface area contributed by atoms with Gasteiger partial charge in [0.1, 0.15) is 18.0 Å². The van der Waals surface area contributed by atoms with E-state index in [1.165, 1.54) is 6.33 Å². The molecule has 0 spiro atoms. The Hall–Kier alpha value is -1.36. The Morgan fingerprint density at radius 3 is 2.47 bits per heavy atom. The van der Waals surface area contributed by atoms with E-state index >= 15 is 0 Å². The van der Waals surface area contributed by atoms with Gasteiger partial charge in [-0.2, -0.15) is 0 Å². The van der Waals surface area contributed by atoms with Gasteiger partial charge in [0.15, 0.2) is 0 Å². The van der Waals surface area contributed by atoms with Crippen molar-refractivity contribution in [3.8, 4) is 0 Å². The number of aromatic nitrogens is 2. The lowest BCUT2D eigenvalue weighted by atomic mass is 10.2. The standard InChI is InChI=1S/C12H22N4O/c1-4-6-13-11-9(3)12(16-8-15-11)14-7-10(17)5-2/h8,10,17H,4-7H2,1-3H3,(H2,13,14,15,16). The van der Waals surface area contributed by atoms with Crippen LogP contribution in [0.2, 0.25) is 0 Å². The zero-order valence-corrected chi connectivity index (χ0v) is 10.8. The Labute approximate surface area is 103 Å². The monoisotopic (exact) mass is 238 g/mol. The molecule has 0 saturated heterocycles. The highest BCUT2D eigenvalue weighted by molar-refractivity contribution is 5.56. The summed E-state index contributed by atoms with van der Waals surface area (Å²) in [5.74, 6) is 1.64. The van der Waals surface area contributed by atoms with E-state index in [0.29, 0.717) is 6.54 Å². The van der Waals surface area contributed by atoms with E-state index in [1.807, 2.05) is 13.8 Å². The average Bonchev–Trinajstić information content (AvgIpc) is 2.35. The van der Waals surface area contributed by atoms with Crippen LogP contribution < -0.4 is 10.6 Å². The molecule has 1 atom stereocenters. The number of rotatable bonds is 7. The Morgan fingerprint density at radius 1 is 1.24 bits per heavy atom. The maximum Gasteiger partial charge on any atom is 0.134 e. The first-order valence-corrected chi connectivity index (χ1v) is 6.16. The van der Waals surface area contributed by atoms with Gasteiger partial charge in [-0.3, -0.25) is 0 Å². The van der Waals surface area contributed by atoms with Crippen LogP contribution in [0.1, 0.15) is 32.3 Å². The minimum Gasteiger partial charge on any atom is -0.391 e. The van der Waals surface area contributed by atoms with Crippen molar-refractivity contribution in [2.24, 2.45) is 0 Å². The van der Waals surface area contributed by atoms with Gasteiger partial charge in [-0.15, -0.1) is 0 Å². The molecule has 1 rings (SSSR count). The molecule has 1 heterocycles. The van der Waals surface area contributed by atoms with E-state index in [2.05, 4.69) is 27.5 Å². The summed E-state index contributed by atoms with van der Waals surface area (Å²) in [4.78, 5) is 8.38. The number of nitrogens with zero attached hydrogens (tertiary/aromatic N) is 2. The Kier molecular flexibility index (Phi) is 5.69. The average molecular weight is 238 g/mol. The summed E-state index contributed by atoms with van der Waals surface area (Å²) in [6.45, 7) is 7.45. The lowest BCUT2D eigenvalue weighted by Gasteiger charge is -2.14. The van der Waals surface area contributed by atoms with Gasteiger partial charge in [-0.05, 0) is 19.8 Å². The number of nitrogens with one attached hydrogen (secondary N) is 2. The molecule has 0 aliphatic rings. The molecule has 1 aromatic rings. The first-order valence-electron chi connectivity index (χ1n) is 6.16. The summed E-state index contributed by atoms with van der Waals surface area (Å²) in [6.07, 6.45) is 2.99. The predicted molar refractivity (Wildman–Crippen MR) is 70.3 cm³/mol. The van der Waals surface area contributed by atoms with Crippen molar-refractivity contribution >= 4 is 11.6 Å². The number of aliphatic hydroxyl groups excluding tert-OH is 1. The molecule has 0 fully saturated rings. The second-order valence-electron chi connectivity index (χ2n) is 4.07. The van der Waals surface area contributed by atoms with Crippen LogP contribution in [-0.4, -0.2) is 34.3 Å². The van der Waals surface area contributed by atoms with Gasteiger partial charge >= 0.3 is 0 Å². The first-order chi connectivity index (χ1) is 8.19. The van der Waals surface area contributed by atoms with Crippen LogP contribution in [0.15, 0.2) is 6.33 Å². The highest BCUT2D eigenvalue weighted by atomic mass is 16.3. The molecule has 1 unspecified atom stereocenters. The van der Waals surface area contributed by atoms with Gasteiger partial charge in [0.05, 0.1) is 6.10 Å². The van der Waals surface area contributed by atoms with Crippen LogP contribution in [-0.2, 0) is 0 Å². The van der Waals surface area contributed by atoms with Crippen molar-refractivity contribution in [3.63, 3.8) is 0 Å². The van der Waals surface area contributed by atoms with Crippen molar-refractivity contribution in [2.45, 2.75) is 39.7 Å². The van der Waals surface area contributed by atoms with Crippen molar-refractivity contribution in [3.05, 3.63) is 11.9 Å².